The van der Waals surface area contributed by atoms with Gasteiger partial charge in [0.05, 0.1) is 17.4 Å². The summed E-state index contributed by atoms with van der Waals surface area (Å²) in [5.41, 5.74) is 3.22. The van der Waals surface area contributed by atoms with Gasteiger partial charge in [0.2, 0.25) is 11.8 Å². The van der Waals surface area contributed by atoms with Crippen molar-refractivity contribution in [3.05, 3.63) is 66.5 Å². The number of rotatable bonds is 9. The van der Waals surface area contributed by atoms with Gasteiger partial charge in [-0.25, -0.2) is 19.7 Å². The number of fused-ring (bicyclic) bond motifs is 1. The molecule has 5 rings (SSSR count). The van der Waals surface area contributed by atoms with Crippen LogP contribution in [0.25, 0.3) is 22.0 Å². The molecule has 0 spiro atoms. The molecule has 2 atom stereocenters. The van der Waals surface area contributed by atoms with Crippen LogP contribution in [0.4, 0.5) is 16.4 Å². The maximum Gasteiger partial charge on any atom is 0.407 e. The Labute approximate surface area is 239 Å². The number of piperidine rings is 1. The molecular weight excluding hydrogens is 520 g/mol. The molecule has 10 nitrogen and oxygen atoms in total. The second-order valence-electron chi connectivity index (χ2n) is 10.7. The molecule has 1 amide bonds. The van der Waals surface area contributed by atoms with Crippen LogP contribution in [0, 0.1) is 12.8 Å². The molecule has 1 aliphatic rings. The lowest BCUT2D eigenvalue weighted by Crippen LogP contribution is -2.44. The standard InChI is InChI=1S/C31H36N6O4/c1-19(2)27(38)17-34-25-10-4-8-23-22(25)12-11-20(3)28(23)41-29-24(9-5-14-32-29)26-13-15-33-30(36-26)35-21-7-6-16-37(18-21)31(39)40/h4-5,8-15,19,21,27,34,38H,6-7,16-18H2,1-3H3,(H,39,40)(H,33,35,36). The van der Waals surface area contributed by atoms with E-state index >= 15 is 0 Å². The summed E-state index contributed by atoms with van der Waals surface area (Å²) < 4.78 is 6.52. The Morgan fingerprint density at radius 3 is 2.76 bits per heavy atom. The van der Waals surface area contributed by atoms with Crippen LogP contribution in [0.15, 0.2) is 60.9 Å². The van der Waals surface area contributed by atoms with Gasteiger partial charge in [0, 0.05) is 54.5 Å². The van der Waals surface area contributed by atoms with E-state index in [-0.39, 0.29) is 12.0 Å². The minimum atomic E-state index is -0.914. The summed E-state index contributed by atoms with van der Waals surface area (Å²) in [7, 11) is 0. The lowest BCUT2D eigenvalue weighted by atomic mass is 10.0. The smallest absolute Gasteiger partial charge is 0.407 e. The lowest BCUT2D eigenvalue weighted by Gasteiger charge is -2.31. The summed E-state index contributed by atoms with van der Waals surface area (Å²) in [6, 6.07) is 15.5. The highest BCUT2D eigenvalue weighted by Crippen LogP contribution is 2.38. The van der Waals surface area contributed by atoms with E-state index in [0.717, 1.165) is 34.9 Å². The summed E-state index contributed by atoms with van der Waals surface area (Å²) in [4.78, 5) is 26.5. The molecule has 2 unspecified atom stereocenters. The second-order valence-corrected chi connectivity index (χ2v) is 10.7. The summed E-state index contributed by atoms with van der Waals surface area (Å²) >= 11 is 0. The fourth-order valence-electron chi connectivity index (χ4n) is 4.97. The second kappa shape index (κ2) is 12.4. The first-order valence-corrected chi connectivity index (χ1v) is 13.9. The Kier molecular flexibility index (Phi) is 8.49. The number of likely N-dealkylation sites (tertiary alicyclic amines) is 1. The third-order valence-corrected chi connectivity index (χ3v) is 7.41. The molecule has 3 heterocycles. The Balaban J connectivity index is 1.42. The van der Waals surface area contributed by atoms with Crippen LogP contribution in [0.2, 0.25) is 0 Å². The van der Waals surface area contributed by atoms with E-state index in [1.807, 2.05) is 57.2 Å². The number of pyridine rings is 1. The van der Waals surface area contributed by atoms with E-state index in [1.54, 1.807) is 18.5 Å². The number of carbonyl (C=O) groups is 1. The van der Waals surface area contributed by atoms with Gasteiger partial charge in [0.15, 0.2) is 0 Å². The van der Waals surface area contributed by atoms with Crippen molar-refractivity contribution in [3.63, 3.8) is 0 Å². The third-order valence-electron chi connectivity index (χ3n) is 7.41. The van der Waals surface area contributed by atoms with Gasteiger partial charge in [-0.3, -0.25) is 0 Å². The highest BCUT2D eigenvalue weighted by Gasteiger charge is 2.24. The number of aryl methyl sites for hydroxylation is 1. The van der Waals surface area contributed by atoms with Crippen LogP contribution in [-0.4, -0.2) is 67.9 Å². The minimum absolute atomic E-state index is 0.0671. The number of aromatic nitrogens is 3. The highest BCUT2D eigenvalue weighted by atomic mass is 16.5. The first-order chi connectivity index (χ1) is 19.8. The van der Waals surface area contributed by atoms with Gasteiger partial charge in [-0.15, -0.1) is 0 Å². The van der Waals surface area contributed by atoms with Crippen molar-refractivity contribution < 1.29 is 19.7 Å². The van der Waals surface area contributed by atoms with E-state index in [0.29, 0.717) is 48.5 Å². The first-order valence-electron chi connectivity index (χ1n) is 13.9. The Hall–Kier alpha value is -4.44. The van der Waals surface area contributed by atoms with Crippen molar-refractivity contribution in [3.8, 4) is 22.9 Å². The molecule has 1 saturated heterocycles. The number of nitrogens with zero attached hydrogens (tertiary/aromatic N) is 4. The predicted octanol–water partition coefficient (Wildman–Crippen LogP) is 5.78. The van der Waals surface area contributed by atoms with Crippen LogP contribution in [0.3, 0.4) is 0 Å². The van der Waals surface area contributed by atoms with Crippen molar-refractivity contribution in [2.24, 2.45) is 5.92 Å². The molecule has 41 heavy (non-hydrogen) atoms. The van der Waals surface area contributed by atoms with Gasteiger partial charge in [-0.1, -0.05) is 38.1 Å². The molecular formula is C31H36N6O4. The fraction of sp³-hybridized carbons (Fsp3) is 0.355. The maximum atomic E-state index is 11.4. The predicted molar refractivity (Wildman–Crippen MR) is 160 cm³/mol. The van der Waals surface area contributed by atoms with Crippen molar-refractivity contribution in [1.82, 2.24) is 19.9 Å². The van der Waals surface area contributed by atoms with Gasteiger partial charge in [0.25, 0.3) is 0 Å². The largest absolute Gasteiger partial charge is 0.465 e. The first kappa shape index (κ1) is 28.1. The topological polar surface area (TPSA) is 133 Å². The van der Waals surface area contributed by atoms with Crippen LogP contribution in [0.5, 0.6) is 11.6 Å². The lowest BCUT2D eigenvalue weighted by molar-refractivity contribution is 0.132. The molecule has 0 radical (unpaired) electrons. The molecule has 0 saturated carbocycles. The summed E-state index contributed by atoms with van der Waals surface area (Å²) in [5, 5.41) is 28.3. The molecule has 214 valence electrons. The Morgan fingerprint density at radius 1 is 1.10 bits per heavy atom. The molecule has 0 bridgehead atoms. The monoisotopic (exact) mass is 556 g/mol. The number of benzene rings is 2. The number of amides is 1. The number of anilines is 2. The molecule has 10 heteroatoms. The van der Waals surface area contributed by atoms with E-state index < -0.39 is 12.2 Å². The molecule has 2 aromatic heterocycles. The third kappa shape index (κ3) is 6.49. The van der Waals surface area contributed by atoms with E-state index in [9.17, 15) is 15.0 Å². The average molecular weight is 557 g/mol. The minimum Gasteiger partial charge on any atom is -0.465 e. The number of aliphatic hydroxyl groups is 1. The summed E-state index contributed by atoms with van der Waals surface area (Å²) in [6.07, 6.45) is 3.61. The van der Waals surface area contributed by atoms with Crippen molar-refractivity contribution >= 4 is 28.5 Å². The number of hydrogen-bond acceptors (Lipinski definition) is 8. The number of carboxylic acid groups (broad SMARTS) is 1. The van der Waals surface area contributed by atoms with Crippen molar-refractivity contribution in [2.45, 2.75) is 45.8 Å². The van der Waals surface area contributed by atoms with Gasteiger partial charge < -0.3 is 30.5 Å². The Bertz CT molecular complexity index is 1530. The quantitative estimate of drug-likeness (QED) is 0.203. The zero-order valence-electron chi connectivity index (χ0n) is 23.5. The highest BCUT2D eigenvalue weighted by molar-refractivity contribution is 5.98. The van der Waals surface area contributed by atoms with Gasteiger partial charge >= 0.3 is 6.09 Å². The van der Waals surface area contributed by atoms with Gasteiger partial charge in [-0.05, 0) is 55.5 Å². The van der Waals surface area contributed by atoms with Crippen LogP contribution in [-0.2, 0) is 0 Å². The van der Waals surface area contributed by atoms with E-state index in [1.165, 1.54) is 4.90 Å². The number of hydrogen-bond donors (Lipinski definition) is 4. The zero-order chi connectivity index (χ0) is 28.9. The molecule has 0 aliphatic carbocycles. The number of nitrogens with one attached hydrogen (secondary N) is 2. The van der Waals surface area contributed by atoms with Crippen LogP contribution in [0.1, 0.15) is 32.3 Å². The molecule has 4 aromatic rings. The van der Waals surface area contributed by atoms with E-state index in [4.69, 9.17) is 9.72 Å². The van der Waals surface area contributed by atoms with Crippen molar-refractivity contribution in [2.75, 3.05) is 30.3 Å². The average Bonchev–Trinajstić information content (AvgIpc) is 2.97. The SMILES string of the molecule is Cc1ccc2c(NCC(O)C(C)C)cccc2c1Oc1ncccc1-c1ccnc(NC2CCCN(C(=O)O)C2)n1. The van der Waals surface area contributed by atoms with E-state index in [2.05, 4.69) is 26.7 Å². The van der Waals surface area contributed by atoms with Crippen molar-refractivity contribution in [1.29, 1.82) is 0 Å². The van der Waals surface area contributed by atoms with Gasteiger partial charge in [-0.2, -0.15) is 0 Å². The molecule has 4 N–H and O–H groups in total. The number of ether oxygens (including phenoxy) is 1. The Morgan fingerprint density at radius 2 is 1.95 bits per heavy atom. The molecule has 1 aliphatic heterocycles. The molecule has 1 fully saturated rings. The summed E-state index contributed by atoms with van der Waals surface area (Å²) in [5.74, 6) is 1.69. The normalized spacial score (nSPS) is 16.0. The zero-order valence-corrected chi connectivity index (χ0v) is 23.5. The summed E-state index contributed by atoms with van der Waals surface area (Å²) in [6.45, 7) is 7.36. The molecule has 2 aromatic carbocycles. The van der Waals surface area contributed by atoms with Crippen LogP contribution >= 0.6 is 0 Å². The van der Waals surface area contributed by atoms with Crippen LogP contribution < -0.4 is 15.4 Å². The van der Waals surface area contributed by atoms with Gasteiger partial charge in [0.1, 0.15) is 5.75 Å². The fourth-order valence-corrected chi connectivity index (χ4v) is 4.97. The number of aliphatic hydroxyl groups excluding tert-OH is 1. The maximum absolute atomic E-state index is 11.4.